The van der Waals surface area contributed by atoms with Gasteiger partial charge in [0.15, 0.2) is 8.68 Å². The zero-order chi connectivity index (χ0) is 13.2. The van der Waals surface area contributed by atoms with Crippen LogP contribution in [-0.4, -0.2) is 18.4 Å². The van der Waals surface area contributed by atoms with E-state index in [0.717, 1.165) is 16.9 Å². The van der Waals surface area contributed by atoms with Gasteiger partial charge in [-0.3, -0.25) is 4.98 Å². The Kier molecular flexibility index (Phi) is 3.96. The monoisotopic (exact) mass is 303 g/mol. The van der Waals surface area contributed by atoms with Crippen LogP contribution in [0.3, 0.4) is 0 Å². The van der Waals surface area contributed by atoms with Gasteiger partial charge in [0, 0.05) is 18.4 Å². The third-order valence-electron chi connectivity index (χ3n) is 2.24. The van der Waals surface area contributed by atoms with Crippen LogP contribution in [0.5, 0.6) is 0 Å². The van der Waals surface area contributed by atoms with Gasteiger partial charge in [0.1, 0.15) is 0 Å². The number of sulfonamides is 1. The zero-order valence-corrected chi connectivity index (χ0v) is 11.8. The smallest absolute Gasteiger partial charge is 0.252 e. The molecule has 0 saturated carbocycles. The first-order valence-corrected chi connectivity index (χ1v) is 7.70. The van der Waals surface area contributed by atoms with Gasteiger partial charge in [-0.15, -0.1) is 0 Å². The highest BCUT2D eigenvalue weighted by Crippen LogP contribution is 2.24. The summed E-state index contributed by atoms with van der Waals surface area (Å²) in [5.74, 6) is 0. The molecule has 0 aliphatic heterocycles. The number of thiazole rings is 1. The van der Waals surface area contributed by atoms with Crippen molar-refractivity contribution < 1.29 is 8.42 Å². The molecule has 0 saturated heterocycles. The summed E-state index contributed by atoms with van der Waals surface area (Å²) in [6.07, 6.45) is 4.49. The summed E-state index contributed by atoms with van der Waals surface area (Å²) in [7, 11) is -3.59. The van der Waals surface area contributed by atoms with Crippen molar-refractivity contribution in [2.75, 3.05) is 0 Å². The summed E-state index contributed by atoms with van der Waals surface area (Å²) >= 11 is 6.55. The Hall–Kier alpha value is -1.02. The lowest BCUT2D eigenvalue weighted by Crippen LogP contribution is -2.26. The third-order valence-corrected chi connectivity index (χ3v) is 5.35. The van der Waals surface area contributed by atoms with Crippen LogP contribution in [0.25, 0.3) is 0 Å². The summed E-state index contributed by atoms with van der Waals surface area (Å²) in [5, 5.41) is 0. The number of pyridine rings is 1. The van der Waals surface area contributed by atoms with E-state index in [1.807, 2.05) is 0 Å². The Labute approximate surface area is 114 Å². The van der Waals surface area contributed by atoms with Crippen LogP contribution in [0.15, 0.2) is 34.9 Å². The van der Waals surface area contributed by atoms with Gasteiger partial charge in [0.05, 0.1) is 6.20 Å². The molecule has 1 N–H and O–H groups in total. The minimum absolute atomic E-state index is 0.100. The molecule has 2 rings (SSSR count). The van der Waals surface area contributed by atoms with Gasteiger partial charge in [0.2, 0.25) is 0 Å². The lowest BCUT2D eigenvalue weighted by atomic mass is 10.2. The number of halogens is 1. The minimum Gasteiger partial charge on any atom is -0.264 e. The normalized spacial score (nSPS) is 13.4. The Morgan fingerprint density at radius 2 is 2.22 bits per heavy atom. The van der Waals surface area contributed by atoms with E-state index in [9.17, 15) is 8.42 Å². The number of hydrogen-bond donors (Lipinski definition) is 1. The molecule has 18 heavy (non-hydrogen) atoms. The molecule has 0 aliphatic rings. The van der Waals surface area contributed by atoms with E-state index in [2.05, 4.69) is 14.7 Å². The van der Waals surface area contributed by atoms with Crippen LogP contribution in [0.1, 0.15) is 18.5 Å². The molecule has 1 unspecified atom stereocenters. The fourth-order valence-electron chi connectivity index (χ4n) is 1.35. The topological polar surface area (TPSA) is 72.0 Å². The summed E-state index contributed by atoms with van der Waals surface area (Å²) < 4.78 is 26.9. The second-order valence-electron chi connectivity index (χ2n) is 3.56. The molecule has 8 heteroatoms. The first kappa shape index (κ1) is 13.4. The minimum atomic E-state index is -3.59. The van der Waals surface area contributed by atoms with E-state index in [-0.39, 0.29) is 14.7 Å². The molecule has 96 valence electrons. The Balaban J connectivity index is 2.19. The second kappa shape index (κ2) is 5.31. The largest absolute Gasteiger partial charge is 0.264 e. The van der Waals surface area contributed by atoms with E-state index in [1.54, 1.807) is 31.5 Å². The maximum atomic E-state index is 12.0. The average molecular weight is 304 g/mol. The van der Waals surface area contributed by atoms with Crippen LogP contribution in [0, 0.1) is 0 Å². The molecule has 0 aliphatic carbocycles. The molecule has 0 spiro atoms. The van der Waals surface area contributed by atoms with Crippen LogP contribution in [0.4, 0.5) is 0 Å². The zero-order valence-electron chi connectivity index (χ0n) is 9.37. The second-order valence-corrected chi connectivity index (χ2v) is 7.12. The quantitative estimate of drug-likeness (QED) is 0.940. The van der Waals surface area contributed by atoms with E-state index in [0.29, 0.717) is 0 Å². The molecule has 1 atom stereocenters. The van der Waals surface area contributed by atoms with E-state index >= 15 is 0 Å². The van der Waals surface area contributed by atoms with Crippen LogP contribution in [-0.2, 0) is 10.0 Å². The third kappa shape index (κ3) is 3.05. The molecule has 0 fully saturated rings. The number of rotatable bonds is 4. The molecule has 0 radical (unpaired) electrons. The van der Waals surface area contributed by atoms with Crippen molar-refractivity contribution in [3.8, 4) is 0 Å². The molecule has 0 aromatic carbocycles. The summed E-state index contributed by atoms with van der Waals surface area (Å²) in [6, 6.07) is 3.19. The first-order chi connectivity index (χ1) is 8.49. The van der Waals surface area contributed by atoms with Crippen LogP contribution >= 0.6 is 22.9 Å². The molecule has 2 aromatic heterocycles. The van der Waals surface area contributed by atoms with Gasteiger partial charge in [-0.2, -0.15) is 0 Å². The fraction of sp³-hybridized carbons (Fsp3) is 0.200. The van der Waals surface area contributed by atoms with Crippen molar-refractivity contribution >= 4 is 33.0 Å². The summed E-state index contributed by atoms with van der Waals surface area (Å²) in [6.45, 7) is 1.75. The lowest BCUT2D eigenvalue weighted by Gasteiger charge is -2.12. The van der Waals surface area contributed by atoms with Gasteiger partial charge >= 0.3 is 0 Å². The summed E-state index contributed by atoms with van der Waals surface area (Å²) in [4.78, 5) is 7.66. The molecule has 0 bridgehead atoms. The maximum Gasteiger partial charge on any atom is 0.252 e. The van der Waals surface area contributed by atoms with Gasteiger partial charge in [-0.05, 0) is 18.6 Å². The molecule has 2 heterocycles. The van der Waals surface area contributed by atoms with Gasteiger partial charge < -0.3 is 0 Å². The average Bonchev–Trinajstić information content (AvgIpc) is 2.77. The van der Waals surface area contributed by atoms with Crippen molar-refractivity contribution in [3.05, 3.63) is 40.8 Å². The van der Waals surface area contributed by atoms with Crippen molar-refractivity contribution in [2.24, 2.45) is 0 Å². The van der Waals surface area contributed by atoms with E-state index in [1.165, 1.54) is 6.20 Å². The van der Waals surface area contributed by atoms with E-state index < -0.39 is 10.0 Å². The number of nitrogens with one attached hydrogen (secondary N) is 1. The van der Waals surface area contributed by atoms with Gasteiger partial charge in [-0.25, -0.2) is 18.1 Å². The van der Waals surface area contributed by atoms with Gasteiger partial charge in [-0.1, -0.05) is 29.0 Å². The highest BCUT2D eigenvalue weighted by Gasteiger charge is 2.20. The Morgan fingerprint density at radius 3 is 2.78 bits per heavy atom. The summed E-state index contributed by atoms with van der Waals surface area (Å²) in [5.41, 5.74) is 0.789. The van der Waals surface area contributed by atoms with Crippen molar-refractivity contribution in [1.29, 1.82) is 0 Å². The maximum absolute atomic E-state index is 12.0. The molecule has 2 aromatic rings. The molecular formula is C10H10ClN3O2S2. The standard InChI is InChI=1S/C10H10ClN3O2S2/c1-7(8-3-2-4-12-5-8)14-18(15,16)9-6-13-10(11)17-9/h2-7,14H,1H3. The van der Waals surface area contributed by atoms with Crippen LogP contribution in [0.2, 0.25) is 4.47 Å². The predicted molar refractivity (Wildman–Crippen MR) is 70.1 cm³/mol. The molecule has 5 nitrogen and oxygen atoms in total. The number of hydrogen-bond acceptors (Lipinski definition) is 5. The first-order valence-electron chi connectivity index (χ1n) is 5.02. The van der Waals surface area contributed by atoms with Crippen molar-refractivity contribution in [3.63, 3.8) is 0 Å². The fourth-order valence-corrected chi connectivity index (χ4v) is 3.90. The number of aromatic nitrogens is 2. The van der Waals surface area contributed by atoms with E-state index in [4.69, 9.17) is 11.6 Å². The Bertz CT molecular complexity index is 628. The van der Waals surface area contributed by atoms with Gasteiger partial charge in [0.25, 0.3) is 10.0 Å². The molecular weight excluding hydrogens is 294 g/mol. The van der Waals surface area contributed by atoms with Crippen LogP contribution < -0.4 is 4.72 Å². The molecule has 0 amide bonds. The van der Waals surface area contributed by atoms with Crippen molar-refractivity contribution in [2.45, 2.75) is 17.2 Å². The lowest BCUT2D eigenvalue weighted by molar-refractivity contribution is 0.568. The SMILES string of the molecule is CC(NS(=O)(=O)c1cnc(Cl)s1)c1cccnc1. The highest BCUT2D eigenvalue weighted by atomic mass is 35.5. The highest BCUT2D eigenvalue weighted by molar-refractivity contribution is 7.91. The predicted octanol–water partition coefficient (Wildman–Crippen LogP) is 2.23. The Morgan fingerprint density at radius 1 is 1.44 bits per heavy atom. The number of nitrogens with zero attached hydrogens (tertiary/aromatic N) is 2. The van der Waals surface area contributed by atoms with Crippen molar-refractivity contribution in [1.82, 2.24) is 14.7 Å².